The van der Waals surface area contributed by atoms with Gasteiger partial charge in [0.25, 0.3) is 11.8 Å². The molecule has 3 rings (SSSR count). The number of halogens is 3. The van der Waals surface area contributed by atoms with E-state index >= 15 is 0 Å². The fraction of sp³-hybridized carbons (Fsp3) is 0.118. The van der Waals surface area contributed by atoms with Crippen molar-refractivity contribution < 1.29 is 14.4 Å². The number of benzene rings is 2. The summed E-state index contributed by atoms with van der Waals surface area (Å²) in [5, 5.41) is 3.55. The number of rotatable bonds is 3. The Hall–Kier alpha value is -2.08. The molecule has 0 aliphatic carbocycles. The van der Waals surface area contributed by atoms with Crippen LogP contribution in [0, 0.1) is 6.92 Å². The average Bonchev–Trinajstić information content (AvgIpc) is 2.76. The van der Waals surface area contributed by atoms with E-state index in [9.17, 15) is 14.4 Å². The second-order valence-corrected chi connectivity index (χ2v) is 6.77. The second kappa shape index (κ2) is 6.67. The number of hydrogen-bond acceptors (Lipinski definition) is 3. The van der Waals surface area contributed by atoms with Gasteiger partial charge in [-0.3, -0.25) is 19.3 Å². The van der Waals surface area contributed by atoms with Crippen LogP contribution < -0.4 is 5.32 Å². The molecule has 0 atom stereocenters. The first-order valence-electron chi connectivity index (χ1n) is 7.19. The molecule has 1 aliphatic rings. The molecule has 1 N–H and O–H groups in total. The Morgan fingerprint density at radius 3 is 2.08 bits per heavy atom. The highest BCUT2D eigenvalue weighted by Gasteiger charge is 2.37. The zero-order valence-corrected chi connectivity index (χ0v) is 15.2. The van der Waals surface area contributed by atoms with Crippen molar-refractivity contribution in [1.82, 2.24) is 4.90 Å². The molecule has 1 aliphatic heterocycles. The highest BCUT2D eigenvalue weighted by Crippen LogP contribution is 2.31. The number of nitrogens with one attached hydrogen (secondary N) is 1. The predicted octanol–water partition coefficient (Wildman–Crippen LogP) is 4.19. The molecule has 8 heteroatoms. The second-order valence-electron chi connectivity index (χ2n) is 5.52. The maximum Gasteiger partial charge on any atom is 0.262 e. The molecule has 0 saturated heterocycles. The van der Waals surface area contributed by atoms with Gasteiger partial charge in [0.1, 0.15) is 6.54 Å². The molecule has 2 aromatic rings. The maximum absolute atomic E-state index is 12.4. The van der Waals surface area contributed by atoms with Crippen LogP contribution in [-0.2, 0) is 4.79 Å². The lowest BCUT2D eigenvalue weighted by Crippen LogP contribution is -2.37. The molecular formula is C17H11Cl3N2O3. The van der Waals surface area contributed by atoms with Gasteiger partial charge in [-0.25, -0.2) is 0 Å². The van der Waals surface area contributed by atoms with Gasteiger partial charge in [0, 0.05) is 10.7 Å². The number of anilines is 1. The molecule has 0 aromatic heterocycles. The predicted molar refractivity (Wildman–Crippen MR) is 96.6 cm³/mol. The minimum atomic E-state index is -0.582. The van der Waals surface area contributed by atoms with Crippen LogP contribution >= 0.6 is 34.8 Å². The Labute approximate surface area is 158 Å². The number of amides is 3. The van der Waals surface area contributed by atoms with Gasteiger partial charge in [-0.15, -0.1) is 0 Å². The fourth-order valence-corrected chi connectivity index (χ4v) is 3.08. The van der Waals surface area contributed by atoms with Gasteiger partial charge in [0.15, 0.2) is 0 Å². The summed E-state index contributed by atoms with van der Waals surface area (Å²) in [5.41, 5.74) is 1.59. The highest BCUT2D eigenvalue weighted by molar-refractivity contribution is 6.43. The Balaban J connectivity index is 1.78. The van der Waals surface area contributed by atoms with E-state index in [4.69, 9.17) is 34.8 Å². The van der Waals surface area contributed by atoms with Crippen LogP contribution in [-0.4, -0.2) is 29.2 Å². The standard InChI is InChI=1S/C17H11Cl3N2O3/c1-8-4-9(18)2-3-14(8)21-15(23)7-22-16(24)10-5-12(19)13(20)6-11(10)17(22)25/h2-6H,7H2,1H3,(H,21,23). The van der Waals surface area contributed by atoms with Crippen LogP contribution in [0.2, 0.25) is 15.1 Å². The van der Waals surface area contributed by atoms with E-state index in [1.807, 2.05) is 0 Å². The molecule has 0 saturated carbocycles. The van der Waals surface area contributed by atoms with E-state index in [1.165, 1.54) is 12.1 Å². The molecule has 128 valence electrons. The SMILES string of the molecule is Cc1cc(Cl)ccc1NC(=O)CN1C(=O)c2cc(Cl)c(Cl)cc2C1=O. The lowest BCUT2D eigenvalue weighted by molar-refractivity contribution is -0.116. The van der Waals surface area contributed by atoms with Gasteiger partial charge >= 0.3 is 0 Å². The summed E-state index contributed by atoms with van der Waals surface area (Å²) in [4.78, 5) is 37.9. The van der Waals surface area contributed by atoms with Crippen molar-refractivity contribution in [3.63, 3.8) is 0 Å². The van der Waals surface area contributed by atoms with Gasteiger partial charge in [-0.1, -0.05) is 34.8 Å². The third-order valence-electron chi connectivity index (χ3n) is 3.78. The van der Waals surface area contributed by atoms with Crippen LogP contribution in [0.25, 0.3) is 0 Å². The number of nitrogens with zero attached hydrogens (tertiary/aromatic N) is 1. The van der Waals surface area contributed by atoms with Crippen molar-refractivity contribution in [2.24, 2.45) is 0 Å². The van der Waals surface area contributed by atoms with Gasteiger partial charge in [-0.2, -0.15) is 0 Å². The van der Waals surface area contributed by atoms with Crippen LogP contribution in [0.3, 0.4) is 0 Å². The van der Waals surface area contributed by atoms with Crippen LogP contribution in [0.1, 0.15) is 26.3 Å². The topological polar surface area (TPSA) is 66.5 Å². The number of hydrogen-bond donors (Lipinski definition) is 1. The van der Waals surface area contributed by atoms with Gasteiger partial charge < -0.3 is 5.32 Å². The molecule has 25 heavy (non-hydrogen) atoms. The van der Waals surface area contributed by atoms with Crippen molar-refractivity contribution in [1.29, 1.82) is 0 Å². The average molecular weight is 398 g/mol. The highest BCUT2D eigenvalue weighted by atomic mass is 35.5. The van der Waals surface area contributed by atoms with E-state index in [1.54, 1.807) is 25.1 Å². The molecule has 2 aromatic carbocycles. The lowest BCUT2D eigenvalue weighted by atomic mass is 10.1. The number of imide groups is 1. The van der Waals surface area contributed by atoms with E-state index in [0.717, 1.165) is 10.5 Å². The molecule has 5 nitrogen and oxygen atoms in total. The summed E-state index contributed by atoms with van der Waals surface area (Å²) in [6, 6.07) is 7.65. The zero-order chi connectivity index (χ0) is 18.3. The molecule has 0 fully saturated rings. The normalized spacial score (nSPS) is 13.2. The van der Waals surface area contributed by atoms with Gasteiger partial charge in [0.2, 0.25) is 5.91 Å². The summed E-state index contributed by atoms with van der Waals surface area (Å²) in [6.45, 7) is 1.37. The monoisotopic (exact) mass is 396 g/mol. The Bertz CT molecular complexity index is 887. The number of aryl methyl sites for hydroxylation is 1. The maximum atomic E-state index is 12.4. The van der Waals surface area contributed by atoms with E-state index < -0.39 is 24.3 Å². The minimum absolute atomic E-state index is 0.134. The summed E-state index contributed by atoms with van der Waals surface area (Å²) >= 11 is 17.7. The lowest BCUT2D eigenvalue weighted by Gasteiger charge is -2.14. The van der Waals surface area contributed by atoms with Crippen LogP contribution in [0.5, 0.6) is 0 Å². The van der Waals surface area contributed by atoms with Crippen molar-refractivity contribution >= 4 is 58.2 Å². The molecule has 0 spiro atoms. The van der Waals surface area contributed by atoms with Crippen molar-refractivity contribution in [3.05, 3.63) is 62.1 Å². The molecule has 3 amide bonds. The van der Waals surface area contributed by atoms with Crippen molar-refractivity contribution in [3.8, 4) is 0 Å². The summed E-state index contributed by atoms with van der Waals surface area (Å²) in [6.07, 6.45) is 0. The van der Waals surface area contributed by atoms with Crippen LogP contribution in [0.15, 0.2) is 30.3 Å². The molecule has 0 unspecified atom stereocenters. The molecular weight excluding hydrogens is 387 g/mol. The Morgan fingerprint density at radius 1 is 1.00 bits per heavy atom. The largest absolute Gasteiger partial charge is 0.324 e. The third kappa shape index (κ3) is 3.35. The van der Waals surface area contributed by atoms with E-state index in [-0.39, 0.29) is 21.2 Å². The smallest absolute Gasteiger partial charge is 0.262 e. The Morgan fingerprint density at radius 2 is 1.56 bits per heavy atom. The van der Waals surface area contributed by atoms with Crippen molar-refractivity contribution in [2.75, 3.05) is 11.9 Å². The molecule has 0 radical (unpaired) electrons. The summed E-state index contributed by atoms with van der Waals surface area (Å²) < 4.78 is 0. The first kappa shape index (κ1) is 17.7. The van der Waals surface area contributed by atoms with Crippen molar-refractivity contribution in [2.45, 2.75) is 6.92 Å². The minimum Gasteiger partial charge on any atom is -0.324 e. The van der Waals surface area contributed by atoms with E-state index in [2.05, 4.69) is 5.32 Å². The zero-order valence-electron chi connectivity index (χ0n) is 12.9. The Kier molecular flexibility index (Phi) is 4.73. The number of fused-ring (bicyclic) bond motifs is 1. The van der Waals surface area contributed by atoms with Gasteiger partial charge in [0.05, 0.1) is 21.2 Å². The molecule has 1 heterocycles. The summed E-state index contributed by atoms with van der Waals surface area (Å²) in [5.74, 6) is -1.67. The third-order valence-corrected chi connectivity index (χ3v) is 4.73. The van der Waals surface area contributed by atoms with E-state index in [0.29, 0.717) is 10.7 Å². The first-order valence-corrected chi connectivity index (χ1v) is 8.32. The quantitative estimate of drug-likeness (QED) is 0.790. The summed E-state index contributed by atoms with van der Waals surface area (Å²) in [7, 11) is 0. The number of carbonyl (C=O) groups excluding carboxylic acids is 3. The number of carbonyl (C=O) groups is 3. The van der Waals surface area contributed by atoms with Gasteiger partial charge in [-0.05, 0) is 42.8 Å². The van der Waals surface area contributed by atoms with Crippen LogP contribution in [0.4, 0.5) is 5.69 Å². The molecule has 0 bridgehead atoms. The first-order chi connectivity index (χ1) is 11.8. The fourth-order valence-electron chi connectivity index (χ4n) is 2.53.